The average Bonchev–Trinajstić information content (AvgIpc) is 2.56. The van der Waals surface area contributed by atoms with E-state index in [4.69, 9.17) is 0 Å². The first kappa shape index (κ1) is 16.5. The molecule has 2 aromatic carbocycles. The lowest BCUT2D eigenvalue weighted by Gasteiger charge is -2.15. The fourth-order valence-electron chi connectivity index (χ4n) is 2.03. The minimum absolute atomic E-state index is 0.266. The van der Waals surface area contributed by atoms with E-state index in [9.17, 15) is 9.59 Å². The third kappa shape index (κ3) is 5.14. The molecule has 3 N–H and O–H groups in total. The number of para-hydroxylation sites is 1. The highest BCUT2D eigenvalue weighted by Gasteiger charge is 2.15. The molecule has 23 heavy (non-hydrogen) atoms. The van der Waals surface area contributed by atoms with Crippen molar-refractivity contribution in [1.29, 1.82) is 0 Å². The van der Waals surface area contributed by atoms with Crippen LogP contribution in [-0.4, -0.2) is 18.0 Å². The number of carbonyl (C=O) groups excluding carboxylic acids is 2. The van der Waals surface area contributed by atoms with Crippen molar-refractivity contribution in [3.05, 3.63) is 60.2 Å². The van der Waals surface area contributed by atoms with Crippen molar-refractivity contribution in [2.24, 2.45) is 0 Å². The monoisotopic (exact) mass is 311 g/mol. The number of aryl methyl sites for hydroxylation is 1. The summed E-state index contributed by atoms with van der Waals surface area (Å²) in [6.07, 6.45) is 0.950. The number of nitrogens with one attached hydrogen (secondary N) is 3. The van der Waals surface area contributed by atoms with E-state index in [1.165, 1.54) is 5.56 Å². The first-order valence-electron chi connectivity index (χ1n) is 7.61. The molecule has 5 heteroatoms. The summed E-state index contributed by atoms with van der Waals surface area (Å²) in [5.74, 6) is -0.266. The predicted octanol–water partition coefficient (Wildman–Crippen LogP) is 3.40. The van der Waals surface area contributed by atoms with Crippen LogP contribution in [0.3, 0.4) is 0 Å². The van der Waals surface area contributed by atoms with Crippen LogP contribution in [0.5, 0.6) is 0 Å². The second-order valence-corrected chi connectivity index (χ2v) is 5.23. The van der Waals surface area contributed by atoms with Gasteiger partial charge in [-0.2, -0.15) is 0 Å². The number of anilines is 2. The largest absolute Gasteiger partial charge is 0.326 e. The molecule has 2 aromatic rings. The molecule has 0 aliphatic rings. The van der Waals surface area contributed by atoms with Gasteiger partial charge in [0.2, 0.25) is 5.91 Å². The van der Waals surface area contributed by atoms with Gasteiger partial charge in [-0.15, -0.1) is 0 Å². The Labute approximate surface area is 136 Å². The van der Waals surface area contributed by atoms with E-state index in [0.717, 1.165) is 6.42 Å². The molecule has 0 heterocycles. The molecular weight excluding hydrogens is 290 g/mol. The second-order valence-electron chi connectivity index (χ2n) is 5.23. The SMILES string of the molecule is CCc1ccc(NC(=O)C(C)NC(=O)Nc2ccccc2)cc1. The molecule has 0 spiro atoms. The number of hydrogen-bond acceptors (Lipinski definition) is 2. The Balaban J connectivity index is 1.85. The van der Waals surface area contributed by atoms with Gasteiger partial charge < -0.3 is 16.0 Å². The Morgan fingerprint density at radius 2 is 1.52 bits per heavy atom. The van der Waals surface area contributed by atoms with Gasteiger partial charge in [0, 0.05) is 11.4 Å². The number of amides is 3. The Hall–Kier alpha value is -2.82. The van der Waals surface area contributed by atoms with E-state index in [1.54, 1.807) is 19.1 Å². The Morgan fingerprint density at radius 3 is 2.13 bits per heavy atom. The van der Waals surface area contributed by atoms with Gasteiger partial charge in [0.1, 0.15) is 6.04 Å². The molecular formula is C18H21N3O2. The molecule has 2 rings (SSSR count). The molecule has 120 valence electrons. The lowest BCUT2D eigenvalue weighted by Crippen LogP contribution is -2.43. The molecule has 3 amide bonds. The van der Waals surface area contributed by atoms with Gasteiger partial charge in [0.05, 0.1) is 0 Å². The van der Waals surface area contributed by atoms with Crippen molar-refractivity contribution in [1.82, 2.24) is 5.32 Å². The smallest absolute Gasteiger partial charge is 0.319 e. The van der Waals surface area contributed by atoms with Crippen LogP contribution >= 0.6 is 0 Å². The Bertz CT molecular complexity index is 654. The lowest BCUT2D eigenvalue weighted by atomic mass is 10.1. The lowest BCUT2D eigenvalue weighted by molar-refractivity contribution is -0.117. The summed E-state index contributed by atoms with van der Waals surface area (Å²) in [7, 11) is 0. The summed E-state index contributed by atoms with van der Waals surface area (Å²) in [6, 6.07) is 15.6. The van der Waals surface area contributed by atoms with Crippen molar-refractivity contribution >= 4 is 23.3 Å². The highest BCUT2D eigenvalue weighted by molar-refractivity contribution is 5.98. The van der Waals surface area contributed by atoms with Crippen molar-refractivity contribution in [2.75, 3.05) is 10.6 Å². The zero-order chi connectivity index (χ0) is 16.7. The molecule has 0 aliphatic carbocycles. The van der Waals surface area contributed by atoms with Crippen molar-refractivity contribution in [3.8, 4) is 0 Å². The molecule has 0 saturated carbocycles. The summed E-state index contributed by atoms with van der Waals surface area (Å²) in [6.45, 7) is 3.71. The molecule has 0 aromatic heterocycles. The van der Waals surface area contributed by atoms with Crippen LogP contribution in [0.15, 0.2) is 54.6 Å². The Morgan fingerprint density at radius 1 is 0.913 bits per heavy atom. The fraction of sp³-hybridized carbons (Fsp3) is 0.222. The standard InChI is InChI=1S/C18H21N3O2/c1-3-14-9-11-16(12-10-14)20-17(22)13(2)19-18(23)21-15-7-5-4-6-8-15/h4-13H,3H2,1-2H3,(H,20,22)(H2,19,21,23). The topological polar surface area (TPSA) is 70.2 Å². The third-order valence-electron chi connectivity index (χ3n) is 3.40. The maximum Gasteiger partial charge on any atom is 0.319 e. The zero-order valence-corrected chi connectivity index (χ0v) is 13.3. The summed E-state index contributed by atoms with van der Waals surface area (Å²) < 4.78 is 0. The molecule has 0 aliphatic heterocycles. The maximum atomic E-state index is 12.1. The van der Waals surface area contributed by atoms with Crippen LogP contribution < -0.4 is 16.0 Å². The molecule has 1 unspecified atom stereocenters. The molecule has 0 bridgehead atoms. The summed E-state index contributed by atoms with van der Waals surface area (Å²) in [5.41, 5.74) is 2.59. The van der Waals surface area contributed by atoms with Crippen LogP contribution in [0.25, 0.3) is 0 Å². The van der Waals surface area contributed by atoms with Gasteiger partial charge >= 0.3 is 6.03 Å². The van der Waals surface area contributed by atoms with E-state index in [2.05, 4.69) is 22.9 Å². The summed E-state index contributed by atoms with van der Waals surface area (Å²) in [4.78, 5) is 24.0. The molecule has 0 radical (unpaired) electrons. The summed E-state index contributed by atoms with van der Waals surface area (Å²) in [5, 5.41) is 8.07. The van der Waals surface area contributed by atoms with Crippen LogP contribution in [0.1, 0.15) is 19.4 Å². The number of urea groups is 1. The van der Waals surface area contributed by atoms with Crippen LogP contribution in [0.2, 0.25) is 0 Å². The third-order valence-corrected chi connectivity index (χ3v) is 3.40. The number of rotatable bonds is 5. The summed E-state index contributed by atoms with van der Waals surface area (Å²) >= 11 is 0. The average molecular weight is 311 g/mol. The van der Waals surface area contributed by atoms with Gasteiger partial charge in [-0.3, -0.25) is 4.79 Å². The number of hydrogen-bond donors (Lipinski definition) is 3. The van der Waals surface area contributed by atoms with Crippen LogP contribution in [0, 0.1) is 0 Å². The zero-order valence-electron chi connectivity index (χ0n) is 13.3. The maximum absolute atomic E-state index is 12.1. The van der Waals surface area contributed by atoms with Crippen molar-refractivity contribution < 1.29 is 9.59 Å². The number of carbonyl (C=O) groups is 2. The van der Waals surface area contributed by atoms with E-state index < -0.39 is 12.1 Å². The van der Waals surface area contributed by atoms with Crippen molar-refractivity contribution in [3.63, 3.8) is 0 Å². The highest BCUT2D eigenvalue weighted by Crippen LogP contribution is 2.10. The van der Waals surface area contributed by atoms with Crippen molar-refractivity contribution in [2.45, 2.75) is 26.3 Å². The first-order valence-corrected chi connectivity index (χ1v) is 7.61. The quantitative estimate of drug-likeness (QED) is 0.792. The predicted molar refractivity (Wildman–Crippen MR) is 92.5 cm³/mol. The Kier molecular flexibility index (Phi) is 5.74. The van der Waals surface area contributed by atoms with Gasteiger partial charge in [0.15, 0.2) is 0 Å². The molecule has 0 saturated heterocycles. The fourth-order valence-corrected chi connectivity index (χ4v) is 2.03. The van der Waals surface area contributed by atoms with Gasteiger partial charge in [-0.1, -0.05) is 37.3 Å². The molecule has 0 fully saturated rings. The number of benzene rings is 2. The van der Waals surface area contributed by atoms with E-state index >= 15 is 0 Å². The normalized spacial score (nSPS) is 11.4. The first-order chi connectivity index (χ1) is 11.1. The van der Waals surface area contributed by atoms with Gasteiger partial charge in [-0.05, 0) is 43.2 Å². The van der Waals surface area contributed by atoms with E-state index in [-0.39, 0.29) is 5.91 Å². The molecule has 5 nitrogen and oxygen atoms in total. The van der Waals surface area contributed by atoms with Gasteiger partial charge in [-0.25, -0.2) is 4.79 Å². The second kappa shape index (κ2) is 7.98. The van der Waals surface area contributed by atoms with Gasteiger partial charge in [0.25, 0.3) is 0 Å². The minimum Gasteiger partial charge on any atom is -0.326 e. The van der Waals surface area contributed by atoms with Crippen LogP contribution in [-0.2, 0) is 11.2 Å². The van der Waals surface area contributed by atoms with Crippen LogP contribution in [0.4, 0.5) is 16.2 Å². The van der Waals surface area contributed by atoms with E-state index in [0.29, 0.717) is 11.4 Å². The highest BCUT2D eigenvalue weighted by atomic mass is 16.2. The van der Waals surface area contributed by atoms with E-state index in [1.807, 2.05) is 42.5 Å². The molecule has 1 atom stereocenters. The minimum atomic E-state index is -0.649.